The molecular formula is C35H34MgN4O5-2. The van der Waals surface area contributed by atoms with Crippen molar-refractivity contribution < 1.29 is 24.2 Å². The number of carboxylic acid groups (broad SMARTS) is 1. The van der Waals surface area contributed by atoms with E-state index in [2.05, 4.69) is 13.5 Å². The number of hydrogen-bond donors (Lipinski definition) is 1. The number of ether oxygens (including phenoxy) is 1. The molecule has 1 fully saturated rings. The van der Waals surface area contributed by atoms with Crippen molar-refractivity contribution in [2.75, 3.05) is 7.11 Å². The number of carbonyl (C=O) groups is 3. The average molecular weight is 615 g/mol. The van der Waals surface area contributed by atoms with Gasteiger partial charge in [-0.1, -0.05) is 72.6 Å². The maximum atomic E-state index is 13.8. The Labute approximate surface area is 277 Å². The van der Waals surface area contributed by atoms with Crippen molar-refractivity contribution in [3.8, 4) is 0 Å². The third-order valence-corrected chi connectivity index (χ3v) is 9.44. The Morgan fingerprint density at radius 3 is 2.33 bits per heavy atom. The number of nitrogens with zero attached hydrogens (tertiary/aromatic N) is 4. The van der Waals surface area contributed by atoms with Crippen LogP contribution in [0.5, 0.6) is 0 Å². The molecule has 3 aromatic rings. The van der Waals surface area contributed by atoms with E-state index >= 15 is 0 Å². The number of rotatable bonds is 6. The third-order valence-electron chi connectivity index (χ3n) is 9.44. The number of carboxylic acids is 1. The summed E-state index contributed by atoms with van der Waals surface area (Å²) in [7, 11) is 1.34. The molecule has 8 bridgehead atoms. The Hall–Kier alpha value is -4.02. The number of aliphatic carboxylic acids is 1. The molecule has 1 aliphatic carbocycles. The van der Waals surface area contributed by atoms with Crippen LogP contribution in [-0.2, 0) is 20.7 Å². The maximum absolute atomic E-state index is 13.8. The summed E-state index contributed by atoms with van der Waals surface area (Å²) in [6, 6.07) is 0. The van der Waals surface area contributed by atoms with Crippen LogP contribution in [0.4, 0.5) is 0 Å². The summed E-state index contributed by atoms with van der Waals surface area (Å²) < 4.78 is 4.91. The standard InChI is InChI=1S/C35H36N4O5.Mg/c1-8-19-15(3)22-12-24-17(5)21(10-11-28(40)44-7)32(38-24)30-31(35(42)43)34(41)29-18(6)25(39-33(29)30)14-27-20(9-2)16(4)23(37-27)13-26(19)36-22;/h8,12-14,17,21,31H,1,9-11H2,2-7H3,(H3,38,39,41,42,43);/q-2;+2/p-2/b23-13-,24-12-,27-14-;/t17-,21-,31+;/m0./s1. The molecule has 0 radical (unpaired) electrons. The van der Waals surface area contributed by atoms with E-state index in [-0.39, 0.29) is 47.3 Å². The van der Waals surface area contributed by atoms with E-state index in [0.717, 1.165) is 50.8 Å². The second kappa shape index (κ2) is 12.1. The van der Waals surface area contributed by atoms with Gasteiger partial charge in [-0.05, 0) is 51.0 Å². The molecule has 0 aromatic carbocycles. The van der Waals surface area contributed by atoms with Crippen molar-refractivity contribution in [1.82, 2.24) is 15.0 Å². The Balaban J connectivity index is 0.00000400. The van der Waals surface area contributed by atoms with Crippen molar-refractivity contribution in [1.29, 1.82) is 0 Å². The molecule has 0 spiro atoms. The van der Waals surface area contributed by atoms with Gasteiger partial charge in [0.15, 0.2) is 5.78 Å². The minimum absolute atomic E-state index is 0. The second-order valence-corrected chi connectivity index (χ2v) is 11.7. The van der Waals surface area contributed by atoms with E-state index in [1.165, 1.54) is 7.11 Å². The van der Waals surface area contributed by atoms with E-state index < -0.39 is 17.7 Å². The van der Waals surface area contributed by atoms with E-state index in [1.54, 1.807) is 13.0 Å². The summed E-state index contributed by atoms with van der Waals surface area (Å²) in [6.45, 7) is 13.9. The van der Waals surface area contributed by atoms with Crippen LogP contribution in [0.15, 0.2) is 18.0 Å². The quantitative estimate of drug-likeness (QED) is 0.253. The van der Waals surface area contributed by atoms with Crippen LogP contribution in [-0.4, -0.2) is 53.0 Å². The van der Waals surface area contributed by atoms with Crippen molar-refractivity contribution >= 4 is 70.7 Å². The van der Waals surface area contributed by atoms with Crippen LogP contribution in [0.25, 0.3) is 35.2 Å². The Morgan fingerprint density at radius 1 is 1.00 bits per heavy atom. The molecular weight excluding hydrogens is 581 g/mol. The van der Waals surface area contributed by atoms with E-state index in [1.807, 2.05) is 39.0 Å². The first-order valence-corrected chi connectivity index (χ1v) is 14.8. The SMILES string of the molecule is C=Cc1c2[n-]c(c1C)/C=C1\[N-]/C(=C3\c4[n-]c(c(C)c4C(=O)[C@@H]3C(=O)O)/C=c3\[n-]/c(c(C)c3CC)=C\2)[C@@H](CCC(=O)OC)[C@@H]1C.[Mg+2]. The van der Waals surface area contributed by atoms with Gasteiger partial charge < -0.3 is 30.1 Å². The minimum Gasteiger partial charge on any atom is -0.664 e. The number of ketones is 1. The van der Waals surface area contributed by atoms with Crippen molar-refractivity contribution in [2.24, 2.45) is 17.8 Å². The Morgan fingerprint density at radius 2 is 1.69 bits per heavy atom. The molecule has 0 amide bonds. The van der Waals surface area contributed by atoms with Crippen LogP contribution < -0.4 is 25.7 Å². The molecule has 3 aliphatic rings. The molecule has 0 saturated carbocycles. The van der Waals surface area contributed by atoms with Gasteiger partial charge >= 0.3 is 35.0 Å². The summed E-state index contributed by atoms with van der Waals surface area (Å²) in [5.74, 6) is -4.10. The maximum Gasteiger partial charge on any atom is 2.00 e. The summed E-state index contributed by atoms with van der Waals surface area (Å²) in [5.41, 5.74) is 8.71. The fourth-order valence-corrected chi connectivity index (χ4v) is 6.92. The van der Waals surface area contributed by atoms with Crippen molar-refractivity contribution in [3.05, 3.63) is 90.1 Å². The molecule has 3 atom stereocenters. The third kappa shape index (κ3) is 5.04. The van der Waals surface area contributed by atoms with Crippen LogP contribution in [0.1, 0.15) is 87.6 Å². The molecule has 2 aliphatic heterocycles. The molecule has 1 saturated heterocycles. The minimum atomic E-state index is -1.44. The zero-order valence-corrected chi connectivity index (χ0v) is 27.9. The van der Waals surface area contributed by atoms with Gasteiger partial charge in [0, 0.05) is 12.0 Å². The zero-order chi connectivity index (χ0) is 31.6. The van der Waals surface area contributed by atoms with Gasteiger partial charge in [0.1, 0.15) is 5.92 Å². The van der Waals surface area contributed by atoms with Gasteiger partial charge in [0.05, 0.1) is 7.11 Å². The van der Waals surface area contributed by atoms with Gasteiger partial charge in [-0.25, -0.2) is 0 Å². The fourth-order valence-electron chi connectivity index (χ4n) is 6.92. The summed E-state index contributed by atoms with van der Waals surface area (Å²) >= 11 is 0. The number of methoxy groups -OCH3 is 1. The molecule has 1 N–H and O–H groups in total. The number of allylic oxidation sites excluding steroid dienone is 2. The topological polar surface area (TPSA) is 137 Å². The van der Waals surface area contributed by atoms with Gasteiger partial charge in [0.2, 0.25) is 0 Å². The number of esters is 1. The average Bonchev–Trinajstić information content (AvgIpc) is 3.72. The van der Waals surface area contributed by atoms with Crippen LogP contribution in [0.2, 0.25) is 0 Å². The number of fused-ring (bicyclic) bond motifs is 7. The van der Waals surface area contributed by atoms with Gasteiger partial charge in [0.25, 0.3) is 0 Å². The normalized spacial score (nSPS) is 24.0. The first-order valence-electron chi connectivity index (χ1n) is 14.8. The fraction of sp³-hybridized carbons (Fsp3) is 0.343. The first kappa shape index (κ1) is 32.4. The first-order chi connectivity index (χ1) is 21.0. The molecule has 5 heterocycles. The number of hydrogen-bond acceptors (Lipinski definition) is 4. The Kier molecular flexibility index (Phi) is 8.67. The molecule has 0 unspecified atom stereocenters. The smallest absolute Gasteiger partial charge is 0.664 e. The predicted octanol–water partition coefficient (Wildman–Crippen LogP) is 3.52. The number of aromatic nitrogens is 3. The molecule has 228 valence electrons. The molecule has 10 heteroatoms. The van der Waals surface area contributed by atoms with E-state index in [9.17, 15) is 19.5 Å². The molecule has 3 aromatic heterocycles. The van der Waals surface area contributed by atoms with Crippen LogP contribution >= 0.6 is 0 Å². The molecule has 45 heavy (non-hydrogen) atoms. The molecule has 9 nitrogen and oxygen atoms in total. The predicted molar refractivity (Wildman–Crippen MR) is 173 cm³/mol. The summed E-state index contributed by atoms with van der Waals surface area (Å²) in [6.07, 6.45) is 8.79. The van der Waals surface area contributed by atoms with Gasteiger partial charge in [-0.2, -0.15) is 11.4 Å². The van der Waals surface area contributed by atoms with E-state index in [4.69, 9.17) is 25.0 Å². The Bertz CT molecular complexity index is 1970. The zero-order valence-electron chi connectivity index (χ0n) is 26.4. The monoisotopic (exact) mass is 614 g/mol. The summed E-state index contributed by atoms with van der Waals surface area (Å²) in [5, 5.41) is 16.9. The second-order valence-electron chi connectivity index (χ2n) is 11.7. The van der Waals surface area contributed by atoms with Crippen LogP contribution in [0, 0.1) is 38.5 Å². The van der Waals surface area contributed by atoms with Gasteiger partial charge in [-0.15, -0.1) is 33.5 Å². The molecule has 6 rings (SSSR count). The summed E-state index contributed by atoms with van der Waals surface area (Å²) in [4.78, 5) is 53.5. The van der Waals surface area contributed by atoms with Crippen LogP contribution in [0.3, 0.4) is 0 Å². The van der Waals surface area contributed by atoms with Gasteiger partial charge in [-0.3, -0.25) is 14.4 Å². The number of Topliss-reactive ketones (excluding diaryl/α,β-unsaturated/α-hetero) is 1. The van der Waals surface area contributed by atoms with Crippen molar-refractivity contribution in [2.45, 2.75) is 53.9 Å². The van der Waals surface area contributed by atoms with Crippen molar-refractivity contribution in [3.63, 3.8) is 0 Å². The van der Waals surface area contributed by atoms with E-state index in [0.29, 0.717) is 45.9 Å². The largest absolute Gasteiger partial charge is 2.00 e. The number of carbonyl (C=O) groups excluding carboxylic acids is 2.